The lowest BCUT2D eigenvalue weighted by Gasteiger charge is -2.13. The Morgan fingerprint density at radius 3 is 2.30 bits per heavy atom. The van der Waals surface area contributed by atoms with Crippen LogP contribution in [0, 0.1) is 0 Å². The van der Waals surface area contributed by atoms with E-state index in [9.17, 15) is 18.0 Å². The van der Waals surface area contributed by atoms with Crippen LogP contribution >= 0.6 is 11.6 Å². The van der Waals surface area contributed by atoms with E-state index in [4.69, 9.17) is 16.3 Å². The second kappa shape index (κ2) is 8.54. The molecule has 7 nitrogen and oxygen atoms in total. The summed E-state index contributed by atoms with van der Waals surface area (Å²) in [5.41, 5.74) is 1.95. The molecule has 0 atom stereocenters. The third-order valence-corrected chi connectivity index (χ3v) is 4.23. The summed E-state index contributed by atoms with van der Waals surface area (Å²) in [7, 11) is 3.23. The molecule has 2 aromatic carbocycles. The topological polar surface area (TPSA) is 77.4 Å². The summed E-state index contributed by atoms with van der Waals surface area (Å²) in [6.07, 6.45) is -3.29. The van der Waals surface area contributed by atoms with Crippen molar-refractivity contribution < 1.29 is 27.4 Å². The molecule has 0 aliphatic heterocycles. The molecule has 158 valence electrons. The van der Waals surface area contributed by atoms with Gasteiger partial charge in [0, 0.05) is 24.0 Å². The van der Waals surface area contributed by atoms with Crippen molar-refractivity contribution in [3.63, 3.8) is 0 Å². The number of rotatable bonds is 5. The van der Waals surface area contributed by atoms with Crippen molar-refractivity contribution in [2.24, 2.45) is 7.05 Å². The highest BCUT2D eigenvalue weighted by atomic mass is 35.5. The Morgan fingerprint density at radius 1 is 1.10 bits per heavy atom. The van der Waals surface area contributed by atoms with E-state index in [2.05, 4.69) is 20.5 Å². The second-order valence-electron chi connectivity index (χ2n) is 6.03. The number of anilines is 2. The van der Waals surface area contributed by atoms with E-state index >= 15 is 0 Å². The normalized spacial score (nSPS) is 11.1. The van der Waals surface area contributed by atoms with Gasteiger partial charge in [0.1, 0.15) is 11.5 Å². The first-order chi connectivity index (χ1) is 14.2. The number of hydrogen-bond acceptors (Lipinski definition) is 4. The van der Waals surface area contributed by atoms with Gasteiger partial charge in [0.25, 0.3) is 0 Å². The van der Waals surface area contributed by atoms with Gasteiger partial charge in [-0.2, -0.15) is 5.10 Å². The molecule has 0 spiro atoms. The third kappa shape index (κ3) is 5.15. The number of carbonyl (C=O) groups is 1. The van der Waals surface area contributed by atoms with Crippen LogP contribution in [-0.4, -0.2) is 29.3 Å². The second-order valence-corrected chi connectivity index (χ2v) is 6.44. The summed E-state index contributed by atoms with van der Waals surface area (Å²) < 4.78 is 47.4. The number of aryl methyl sites for hydroxylation is 1. The number of nitrogens with one attached hydrogen (secondary N) is 2. The number of alkyl halides is 3. The summed E-state index contributed by atoms with van der Waals surface area (Å²) in [5, 5.41) is 9.68. The average Bonchev–Trinajstić information content (AvgIpc) is 3.00. The Kier molecular flexibility index (Phi) is 6.06. The molecule has 0 saturated heterocycles. The molecule has 1 aromatic heterocycles. The summed E-state index contributed by atoms with van der Waals surface area (Å²) >= 11 is 6.21. The molecule has 1 heterocycles. The van der Waals surface area contributed by atoms with Gasteiger partial charge in [-0.05, 0) is 42.5 Å². The van der Waals surface area contributed by atoms with E-state index in [-0.39, 0.29) is 11.4 Å². The first kappa shape index (κ1) is 21.3. The van der Waals surface area contributed by atoms with Crippen LogP contribution in [0.5, 0.6) is 11.5 Å². The van der Waals surface area contributed by atoms with Crippen LogP contribution < -0.4 is 20.1 Å². The first-order valence-electron chi connectivity index (χ1n) is 8.46. The molecule has 0 radical (unpaired) electrons. The van der Waals surface area contributed by atoms with Crippen molar-refractivity contribution in [2.75, 3.05) is 17.7 Å². The Balaban J connectivity index is 1.73. The number of ether oxygens (including phenoxy) is 2. The number of methoxy groups -OCH3 is 1. The fraction of sp³-hybridized carbons (Fsp3) is 0.158. The van der Waals surface area contributed by atoms with E-state index in [1.807, 2.05) is 0 Å². The zero-order chi connectivity index (χ0) is 21.9. The summed E-state index contributed by atoms with van der Waals surface area (Å²) in [6, 6.07) is 9.14. The summed E-state index contributed by atoms with van der Waals surface area (Å²) in [4.78, 5) is 12.3. The zero-order valence-electron chi connectivity index (χ0n) is 15.7. The van der Waals surface area contributed by atoms with E-state index in [0.717, 1.165) is 12.1 Å². The van der Waals surface area contributed by atoms with Crippen molar-refractivity contribution in [1.29, 1.82) is 0 Å². The van der Waals surface area contributed by atoms with E-state index in [1.165, 1.54) is 25.4 Å². The smallest absolute Gasteiger partial charge is 0.496 e. The molecular weight excluding hydrogens is 425 g/mol. The maximum absolute atomic E-state index is 12.3. The van der Waals surface area contributed by atoms with Crippen LogP contribution in [0.15, 0.2) is 48.7 Å². The minimum Gasteiger partial charge on any atom is -0.496 e. The highest BCUT2D eigenvalue weighted by molar-refractivity contribution is 6.33. The van der Waals surface area contributed by atoms with Gasteiger partial charge in [0.05, 0.1) is 24.0 Å². The van der Waals surface area contributed by atoms with Crippen LogP contribution in [0.25, 0.3) is 11.3 Å². The van der Waals surface area contributed by atoms with E-state index < -0.39 is 12.4 Å². The number of hydrogen-bond donors (Lipinski definition) is 2. The molecule has 0 aliphatic carbocycles. The number of urea groups is 1. The molecule has 30 heavy (non-hydrogen) atoms. The van der Waals surface area contributed by atoms with Gasteiger partial charge in [-0.3, -0.25) is 4.68 Å². The first-order valence-corrected chi connectivity index (χ1v) is 8.84. The Hall–Kier alpha value is -3.40. The van der Waals surface area contributed by atoms with Crippen LogP contribution in [0.1, 0.15) is 0 Å². The predicted molar refractivity (Wildman–Crippen MR) is 106 cm³/mol. The Morgan fingerprint density at radius 2 is 1.73 bits per heavy atom. The van der Waals surface area contributed by atoms with Crippen molar-refractivity contribution in [1.82, 2.24) is 9.78 Å². The minimum atomic E-state index is -4.78. The lowest BCUT2D eigenvalue weighted by atomic mass is 10.1. The highest BCUT2D eigenvalue weighted by Crippen LogP contribution is 2.36. The molecule has 0 fully saturated rings. The quantitative estimate of drug-likeness (QED) is 0.565. The van der Waals surface area contributed by atoms with Crippen LogP contribution in [0.2, 0.25) is 5.02 Å². The van der Waals surface area contributed by atoms with Crippen molar-refractivity contribution in [3.8, 4) is 22.8 Å². The highest BCUT2D eigenvalue weighted by Gasteiger charge is 2.31. The number of benzene rings is 2. The van der Waals surface area contributed by atoms with Gasteiger partial charge in [-0.25, -0.2) is 4.79 Å². The number of amides is 2. The molecule has 0 unspecified atom stereocenters. The van der Waals surface area contributed by atoms with Gasteiger partial charge >= 0.3 is 12.4 Å². The summed E-state index contributed by atoms with van der Waals surface area (Å²) in [5.74, 6) is 0.146. The molecule has 11 heteroatoms. The van der Waals surface area contributed by atoms with Gasteiger partial charge in [0.2, 0.25) is 0 Å². The van der Waals surface area contributed by atoms with Crippen molar-refractivity contribution in [2.45, 2.75) is 6.36 Å². The van der Waals surface area contributed by atoms with E-state index in [0.29, 0.717) is 27.7 Å². The Labute approximate surface area is 174 Å². The molecule has 3 aromatic rings. The third-order valence-electron chi connectivity index (χ3n) is 3.95. The van der Waals surface area contributed by atoms with Crippen LogP contribution in [0.4, 0.5) is 29.3 Å². The average molecular weight is 441 g/mol. The molecule has 2 N–H and O–H groups in total. The van der Waals surface area contributed by atoms with Crippen molar-refractivity contribution >= 4 is 29.0 Å². The van der Waals surface area contributed by atoms with Gasteiger partial charge in [0.15, 0.2) is 0 Å². The lowest BCUT2D eigenvalue weighted by molar-refractivity contribution is -0.274. The lowest BCUT2D eigenvalue weighted by Crippen LogP contribution is -2.19. The number of halogens is 4. The maximum atomic E-state index is 12.3. The van der Waals surface area contributed by atoms with Gasteiger partial charge < -0.3 is 20.1 Å². The monoisotopic (exact) mass is 440 g/mol. The Bertz CT molecular complexity index is 1030. The van der Waals surface area contributed by atoms with E-state index in [1.54, 1.807) is 29.9 Å². The zero-order valence-corrected chi connectivity index (χ0v) is 16.5. The molecular formula is C19H16ClF3N4O3. The largest absolute Gasteiger partial charge is 0.573 e. The molecule has 0 saturated carbocycles. The molecule has 0 bridgehead atoms. The van der Waals surface area contributed by atoms with Crippen LogP contribution in [-0.2, 0) is 7.05 Å². The predicted octanol–water partition coefficient (Wildman–Crippen LogP) is 5.29. The molecule has 0 aliphatic rings. The SMILES string of the molecule is COc1ccc(NC(=O)Nc2ccc(OC(F)(F)F)cc2)cc1-c1c(Cl)cnn1C. The van der Waals surface area contributed by atoms with Gasteiger partial charge in [-0.15, -0.1) is 13.2 Å². The summed E-state index contributed by atoms with van der Waals surface area (Å²) in [6.45, 7) is 0. The minimum absolute atomic E-state index is 0.283. The molecule has 3 rings (SSSR count). The molecule has 2 amide bonds. The number of carbonyl (C=O) groups excluding carboxylic acids is 1. The van der Waals surface area contributed by atoms with Crippen LogP contribution in [0.3, 0.4) is 0 Å². The maximum Gasteiger partial charge on any atom is 0.573 e. The van der Waals surface area contributed by atoms with Gasteiger partial charge in [-0.1, -0.05) is 11.6 Å². The number of nitrogens with zero attached hydrogens (tertiary/aromatic N) is 2. The van der Waals surface area contributed by atoms with Crippen molar-refractivity contribution in [3.05, 3.63) is 53.7 Å². The standard InChI is InChI=1S/C19H16ClF3N4O3/c1-27-17(15(20)10-24-27)14-9-12(5-8-16(14)29-2)26-18(28)25-11-3-6-13(7-4-11)30-19(21,22)23/h3-10H,1-2H3,(H2,25,26,28). The number of aromatic nitrogens is 2. The fourth-order valence-corrected chi connectivity index (χ4v) is 2.99. The fourth-order valence-electron chi connectivity index (χ4n) is 2.72.